The van der Waals surface area contributed by atoms with E-state index in [0.29, 0.717) is 24.8 Å². The van der Waals surface area contributed by atoms with Gasteiger partial charge in [0, 0.05) is 25.2 Å². The zero-order valence-corrected chi connectivity index (χ0v) is 15.1. The number of para-hydroxylation sites is 2. The summed E-state index contributed by atoms with van der Waals surface area (Å²) in [5.41, 5.74) is 0.881. The average Bonchev–Trinajstić information content (AvgIpc) is 2.61. The number of ether oxygens (including phenoxy) is 1. The number of halogens is 2. The van der Waals surface area contributed by atoms with Gasteiger partial charge in [-0.15, -0.1) is 0 Å². The summed E-state index contributed by atoms with van der Waals surface area (Å²) in [6.07, 6.45) is 1.41. The van der Waals surface area contributed by atoms with Crippen LogP contribution in [0.2, 0.25) is 0 Å². The Hall–Kier alpha value is -2.19. The van der Waals surface area contributed by atoms with Gasteiger partial charge in [-0.3, -0.25) is 0 Å². The number of anilines is 1. The van der Waals surface area contributed by atoms with Gasteiger partial charge in [0.25, 0.3) is 0 Å². The molecule has 8 heteroatoms. The van der Waals surface area contributed by atoms with E-state index in [1.54, 1.807) is 7.11 Å². The van der Waals surface area contributed by atoms with Crippen LogP contribution >= 0.6 is 0 Å². The monoisotopic (exact) mass is 382 g/mol. The highest BCUT2D eigenvalue weighted by molar-refractivity contribution is 7.89. The Bertz CT molecular complexity index is 890. The topological polar surface area (TPSA) is 58.6 Å². The first-order chi connectivity index (χ1) is 12.4. The molecule has 0 radical (unpaired) electrons. The molecule has 1 saturated heterocycles. The Morgan fingerprint density at radius 3 is 2.69 bits per heavy atom. The maximum Gasteiger partial charge on any atom is 0.243 e. The first kappa shape index (κ1) is 18.6. The largest absolute Gasteiger partial charge is 0.495 e. The standard InChI is InChI=1S/C18H20F2N2O3S/c1-25-17-7-3-2-6-16(17)22-10-4-5-14(12-22)21-26(23,24)18-9-8-13(19)11-15(18)20/h2-3,6-9,11,14,21H,4-5,10,12H2,1H3. The minimum atomic E-state index is -4.08. The molecule has 1 fully saturated rings. The number of methoxy groups -OCH3 is 1. The van der Waals surface area contributed by atoms with E-state index in [4.69, 9.17) is 4.74 Å². The van der Waals surface area contributed by atoms with Crippen molar-refractivity contribution in [3.8, 4) is 5.75 Å². The van der Waals surface area contributed by atoms with Crippen LogP contribution in [0.15, 0.2) is 47.4 Å². The molecule has 0 aliphatic carbocycles. The van der Waals surface area contributed by atoms with Crippen LogP contribution in [0.25, 0.3) is 0 Å². The highest BCUT2D eigenvalue weighted by Crippen LogP contribution is 2.30. The van der Waals surface area contributed by atoms with E-state index in [9.17, 15) is 17.2 Å². The fourth-order valence-corrected chi connectivity index (χ4v) is 4.48. The molecular weight excluding hydrogens is 362 g/mol. The van der Waals surface area contributed by atoms with Crippen molar-refractivity contribution in [3.63, 3.8) is 0 Å². The molecule has 0 aromatic heterocycles. The third kappa shape index (κ3) is 3.96. The van der Waals surface area contributed by atoms with Gasteiger partial charge in [0.15, 0.2) is 0 Å². The molecule has 0 amide bonds. The molecule has 1 aliphatic heterocycles. The summed E-state index contributed by atoms with van der Waals surface area (Å²) in [6, 6.07) is 9.56. The molecule has 1 aliphatic rings. The van der Waals surface area contributed by atoms with Crippen LogP contribution in [-0.4, -0.2) is 34.7 Å². The number of benzene rings is 2. The van der Waals surface area contributed by atoms with Crippen LogP contribution in [0.5, 0.6) is 5.75 Å². The zero-order valence-electron chi connectivity index (χ0n) is 14.3. The number of sulfonamides is 1. The lowest BCUT2D eigenvalue weighted by Gasteiger charge is -2.35. The van der Waals surface area contributed by atoms with Crippen LogP contribution in [0.4, 0.5) is 14.5 Å². The second-order valence-corrected chi connectivity index (χ2v) is 7.84. The highest BCUT2D eigenvalue weighted by atomic mass is 32.2. The molecule has 1 atom stereocenters. The van der Waals surface area contributed by atoms with Gasteiger partial charge in [0.1, 0.15) is 22.3 Å². The van der Waals surface area contributed by atoms with Gasteiger partial charge in [0.2, 0.25) is 10.0 Å². The average molecular weight is 382 g/mol. The molecule has 140 valence electrons. The number of nitrogens with zero attached hydrogens (tertiary/aromatic N) is 1. The summed E-state index contributed by atoms with van der Waals surface area (Å²) >= 11 is 0. The van der Waals surface area contributed by atoms with Crippen LogP contribution < -0.4 is 14.4 Å². The van der Waals surface area contributed by atoms with E-state index in [0.717, 1.165) is 30.8 Å². The van der Waals surface area contributed by atoms with E-state index in [-0.39, 0.29) is 6.04 Å². The Balaban J connectivity index is 1.78. The van der Waals surface area contributed by atoms with E-state index in [2.05, 4.69) is 4.72 Å². The summed E-state index contributed by atoms with van der Waals surface area (Å²) in [5, 5.41) is 0. The maximum atomic E-state index is 13.9. The summed E-state index contributed by atoms with van der Waals surface area (Å²) in [6.45, 7) is 1.20. The number of hydrogen-bond acceptors (Lipinski definition) is 4. The maximum absolute atomic E-state index is 13.9. The van der Waals surface area contributed by atoms with Gasteiger partial charge in [-0.25, -0.2) is 21.9 Å². The van der Waals surface area contributed by atoms with Gasteiger partial charge in [-0.1, -0.05) is 12.1 Å². The molecule has 26 heavy (non-hydrogen) atoms. The van der Waals surface area contributed by atoms with Crippen molar-refractivity contribution in [2.24, 2.45) is 0 Å². The Labute approximate surface area is 151 Å². The molecule has 0 bridgehead atoms. The van der Waals surface area contributed by atoms with E-state index < -0.39 is 26.6 Å². The molecule has 2 aromatic rings. The predicted octanol–water partition coefficient (Wildman–Crippen LogP) is 2.92. The second-order valence-electron chi connectivity index (χ2n) is 6.15. The summed E-state index contributed by atoms with van der Waals surface area (Å²) in [7, 11) is -2.49. The highest BCUT2D eigenvalue weighted by Gasteiger charge is 2.28. The predicted molar refractivity (Wildman–Crippen MR) is 94.9 cm³/mol. The van der Waals surface area contributed by atoms with Crippen molar-refractivity contribution in [2.75, 3.05) is 25.1 Å². The van der Waals surface area contributed by atoms with Crippen molar-refractivity contribution in [2.45, 2.75) is 23.8 Å². The molecule has 2 aromatic carbocycles. The van der Waals surface area contributed by atoms with Crippen LogP contribution in [-0.2, 0) is 10.0 Å². The Morgan fingerprint density at radius 2 is 1.96 bits per heavy atom. The van der Waals surface area contributed by atoms with Gasteiger partial charge in [-0.2, -0.15) is 0 Å². The van der Waals surface area contributed by atoms with Crippen molar-refractivity contribution in [1.82, 2.24) is 4.72 Å². The SMILES string of the molecule is COc1ccccc1N1CCCC(NS(=O)(=O)c2ccc(F)cc2F)C1. The normalized spacial score (nSPS) is 18.0. The number of piperidine rings is 1. The van der Waals surface area contributed by atoms with Crippen LogP contribution in [0.3, 0.4) is 0 Å². The molecule has 1 heterocycles. The first-order valence-corrected chi connectivity index (χ1v) is 9.74. The van der Waals surface area contributed by atoms with Gasteiger partial charge in [-0.05, 0) is 37.1 Å². The molecular formula is C18H20F2N2O3S. The van der Waals surface area contributed by atoms with Crippen LogP contribution in [0, 0.1) is 11.6 Å². The van der Waals surface area contributed by atoms with Crippen LogP contribution in [0.1, 0.15) is 12.8 Å². The minimum Gasteiger partial charge on any atom is -0.495 e. The first-order valence-electron chi connectivity index (χ1n) is 8.26. The molecule has 5 nitrogen and oxygen atoms in total. The van der Waals surface area contributed by atoms with Crippen molar-refractivity contribution >= 4 is 15.7 Å². The quantitative estimate of drug-likeness (QED) is 0.864. The second kappa shape index (κ2) is 7.59. The number of nitrogens with one attached hydrogen (secondary N) is 1. The number of hydrogen-bond donors (Lipinski definition) is 1. The third-order valence-electron chi connectivity index (χ3n) is 4.35. The lowest BCUT2D eigenvalue weighted by molar-refractivity contribution is 0.408. The van der Waals surface area contributed by atoms with E-state index in [1.807, 2.05) is 29.2 Å². The Morgan fingerprint density at radius 1 is 1.19 bits per heavy atom. The number of rotatable bonds is 5. The third-order valence-corrected chi connectivity index (χ3v) is 5.91. The molecule has 1 unspecified atom stereocenters. The fraction of sp³-hybridized carbons (Fsp3) is 0.333. The molecule has 3 rings (SSSR count). The molecule has 0 saturated carbocycles. The van der Waals surface area contributed by atoms with Gasteiger partial charge < -0.3 is 9.64 Å². The summed E-state index contributed by atoms with van der Waals surface area (Å²) < 4.78 is 59.8. The zero-order chi connectivity index (χ0) is 18.7. The molecule has 0 spiro atoms. The van der Waals surface area contributed by atoms with Gasteiger partial charge in [0.05, 0.1) is 12.8 Å². The lowest BCUT2D eigenvalue weighted by Crippen LogP contribution is -2.48. The Kier molecular flexibility index (Phi) is 5.43. The minimum absolute atomic E-state index is 0.386. The fourth-order valence-electron chi connectivity index (χ4n) is 3.16. The van der Waals surface area contributed by atoms with E-state index in [1.165, 1.54) is 0 Å². The summed E-state index contributed by atoms with van der Waals surface area (Å²) in [5.74, 6) is -1.21. The van der Waals surface area contributed by atoms with E-state index >= 15 is 0 Å². The molecule has 1 N–H and O–H groups in total. The van der Waals surface area contributed by atoms with Gasteiger partial charge >= 0.3 is 0 Å². The van der Waals surface area contributed by atoms with Crippen molar-refractivity contribution in [3.05, 3.63) is 54.1 Å². The van der Waals surface area contributed by atoms with Crippen molar-refractivity contribution < 1.29 is 21.9 Å². The summed E-state index contributed by atoms with van der Waals surface area (Å²) in [4.78, 5) is 1.49. The lowest BCUT2D eigenvalue weighted by atomic mass is 10.1. The van der Waals surface area contributed by atoms with Crippen molar-refractivity contribution in [1.29, 1.82) is 0 Å². The smallest absolute Gasteiger partial charge is 0.243 e.